The lowest BCUT2D eigenvalue weighted by molar-refractivity contribution is 0.0533. The van der Waals surface area contributed by atoms with Gasteiger partial charge in [0.15, 0.2) is 0 Å². The van der Waals surface area contributed by atoms with Crippen molar-refractivity contribution in [2.24, 2.45) is 7.05 Å². The lowest BCUT2D eigenvalue weighted by atomic mass is 10.0. The second-order valence-corrected chi connectivity index (χ2v) is 8.34. The molecule has 1 saturated heterocycles. The molecule has 1 aliphatic rings. The van der Waals surface area contributed by atoms with Gasteiger partial charge in [0.05, 0.1) is 11.6 Å². The van der Waals surface area contributed by atoms with Crippen molar-refractivity contribution in [2.75, 3.05) is 26.7 Å². The van der Waals surface area contributed by atoms with Crippen LogP contribution in [0.15, 0.2) is 60.9 Å². The van der Waals surface area contributed by atoms with Crippen molar-refractivity contribution in [3.05, 3.63) is 77.9 Å². The Labute approximate surface area is 181 Å². The zero-order valence-corrected chi connectivity index (χ0v) is 18.1. The van der Waals surface area contributed by atoms with Gasteiger partial charge >= 0.3 is 0 Å². The van der Waals surface area contributed by atoms with E-state index in [9.17, 15) is 4.79 Å². The van der Waals surface area contributed by atoms with Gasteiger partial charge in [-0.25, -0.2) is 4.52 Å². The number of rotatable bonds is 3. The van der Waals surface area contributed by atoms with Crippen LogP contribution >= 0.6 is 0 Å². The number of hydrogen-bond acceptors (Lipinski definition) is 4. The molecule has 158 valence electrons. The summed E-state index contributed by atoms with van der Waals surface area (Å²) in [5.41, 5.74) is 6.07. The quantitative estimate of drug-likeness (QED) is 0.517. The molecule has 31 heavy (non-hydrogen) atoms. The van der Waals surface area contributed by atoms with Crippen LogP contribution in [-0.2, 0) is 7.05 Å². The van der Waals surface area contributed by atoms with Crippen molar-refractivity contribution in [1.82, 2.24) is 29.2 Å². The molecule has 1 atom stereocenters. The minimum Gasteiger partial charge on any atom is -0.347 e. The van der Waals surface area contributed by atoms with Crippen LogP contribution in [-0.4, -0.2) is 61.8 Å². The third kappa shape index (κ3) is 3.51. The lowest BCUT2D eigenvalue weighted by Gasteiger charge is -2.38. The van der Waals surface area contributed by atoms with Crippen LogP contribution < -0.4 is 0 Å². The van der Waals surface area contributed by atoms with Crippen molar-refractivity contribution >= 4 is 11.4 Å². The number of aromatic nitrogens is 4. The number of amides is 1. The van der Waals surface area contributed by atoms with Crippen molar-refractivity contribution < 1.29 is 4.79 Å². The van der Waals surface area contributed by atoms with Crippen molar-refractivity contribution in [1.29, 1.82) is 0 Å². The van der Waals surface area contributed by atoms with Gasteiger partial charge in [-0.2, -0.15) is 0 Å². The molecule has 4 heterocycles. The van der Waals surface area contributed by atoms with E-state index in [0.717, 1.165) is 28.9 Å². The largest absolute Gasteiger partial charge is 0.347 e. The van der Waals surface area contributed by atoms with E-state index >= 15 is 0 Å². The molecule has 5 rings (SSSR count). The number of carbonyl (C=O) groups excluding carboxylic acids is 1. The van der Waals surface area contributed by atoms with Gasteiger partial charge in [0.25, 0.3) is 5.91 Å². The van der Waals surface area contributed by atoms with Crippen LogP contribution in [0.4, 0.5) is 0 Å². The average molecular weight is 415 g/mol. The van der Waals surface area contributed by atoms with E-state index in [-0.39, 0.29) is 11.9 Å². The molecular formula is C24H26N6O. The molecule has 7 nitrogen and oxygen atoms in total. The van der Waals surface area contributed by atoms with Crippen molar-refractivity contribution in [3.63, 3.8) is 0 Å². The molecule has 0 N–H and O–H groups in total. The predicted molar refractivity (Wildman–Crippen MR) is 120 cm³/mol. The highest BCUT2D eigenvalue weighted by molar-refractivity contribution is 5.92. The maximum Gasteiger partial charge on any atom is 0.270 e. The van der Waals surface area contributed by atoms with E-state index in [1.54, 1.807) is 0 Å². The van der Waals surface area contributed by atoms with Crippen LogP contribution in [0.3, 0.4) is 0 Å². The molecule has 0 aliphatic carbocycles. The first-order valence-electron chi connectivity index (χ1n) is 10.5. The normalized spacial score (nSPS) is 17.4. The number of fused-ring (bicyclic) bond motifs is 1. The van der Waals surface area contributed by atoms with E-state index in [0.29, 0.717) is 18.8 Å². The van der Waals surface area contributed by atoms with Crippen LogP contribution in [0.25, 0.3) is 16.6 Å². The summed E-state index contributed by atoms with van der Waals surface area (Å²) in [5, 5.41) is 8.92. The van der Waals surface area contributed by atoms with Crippen molar-refractivity contribution in [3.8, 4) is 11.1 Å². The average Bonchev–Trinajstić information content (AvgIpc) is 3.40. The van der Waals surface area contributed by atoms with Gasteiger partial charge in [0.1, 0.15) is 11.4 Å². The molecule has 0 radical (unpaired) electrons. The molecule has 1 fully saturated rings. The number of likely N-dealkylation sites (N-methyl/N-ethyl adjacent to an activating group) is 1. The fourth-order valence-electron chi connectivity index (χ4n) is 4.27. The summed E-state index contributed by atoms with van der Waals surface area (Å²) in [6.07, 6.45) is 3.92. The van der Waals surface area contributed by atoms with Gasteiger partial charge in [0, 0.05) is 44.6 Å². The molecule has 4 aromatic rings. The SMILES string of the molecule is Cc1ccc(-c2ccc3c(C4CN(C(=O)c5cccn5C)CCN4C)nnn3c2)cc1. The fraction of sp³-hybridized carbons (Fsp3) is 0.292. The van der Waals surface area contributed by atoms with E-state index in [2.05, 4.69) is 65.6 Å². The Hall–Kier alpha value is -3.45. The van der Waals surface area contributed by atoms with Gasteiger partial charge in [-0.15, -0.1) is 5.10 Å². The molecule has 3 aromatic heterocycles. The lowest BCUT2D eigenvalue weighted by Crippen LogP contribution is -2.49. The number of aryl methyl sites for hydroxylation is 2. The monoisotopic (exact) mass is 414 g/mol. The Morgan fingerprint density at radius 1 is 1.00 bits per heavy atom. The number of benzene rings is 1. The molecule has 0 saturated carbocycles. The summed E-state index contributed by atoms with van der Waals surface area (Å²) in [4.78, 5) is 17.2. The van der Waals surface area contributed by atoms with Gasteiger partial charge in [-0.1, -0.05) is 41.1 Å². The third-order valence-electron chi connectivity index (χ3n) is 6.24. The molecule has 1 amide bonds. The summed E-state index contributed by atoms with van der Waals surface area (Å²) in [5.74, 6) is 0.0590. The van der Waals surface area contributed by atoms with E-state index < -0.39 is 0 Å². The minimum absolute atomic E-state index is 0.000642. The summed E-state index contributed by atoms with van der Waals surface area (Å²) < 4.78 is 3.71. The van der Waals surface area contributed by atoms with Gasteiger partial charge in [0.2, 0.25) is 0 Å². The Kier molecular flexibility index (Phi) is 4.82. The second-order valence-electron chi connectivity index (χ2n) is 8.34. The first-order valence-corrected chi connectivity index (χ1v) is 10.5. The highest BCUT2D eigenvalue weighted by atomic mass is 16.2. The van der Waals surface area contributed by atoms with Crippen LogP contribution in [0.2, 0.25) is 0 Å². The molecule has 7 heteroatoms. The van der Waals surface area contributed by atoms with Crippen LogP contribution in [0.1, 0.15) is 27.8 Å². The molecule has 1 unspecified atom stereocenters. The topological polar surface area (TPSA) is 58.7 Å². The number of nitrogens with zero attached hydrogens (tertiary/aromatic N) is 6. The predicted octanol–water partition coefficient (Wildman–Crippen LogP) is 3.17. The summed E-state index contributed by atoms with van der Waals surface area (Å²) >= 11 is 0. The van der Waals surface area contributed by atoms with Gasteiger partial charge < -0.3 is 9.47 Å². The maximum atomic E-state index is 13.0. The molecule has 0 bridgehead atoms. The maximum absolute atomic E-state index is 13.0. The zero-order chi connectivity index (χ0) is 21.5. The van der Waals surface area contributed by atoms with Crippen molar-refractivity contribution in [2.45, 2.75) is 13.0 Å². The standard InChI is InChI=1S/C24H26N6O/c1-17-6-8-18(9-7-17)19-10-11-20-23(25-26-30(20)15-19)22-16-29(14-13-28(22)3)24(31)21-5-4-12-27(21)2/h4-12,15,22H,13-14,16H2,1-3H3. The molecular weight excluding hydrogens is 388 g/mol. The van der Waals surface area contributed by atoms with E-state index in [1.807, 2.05) is 45.6 Å². The Morgan fingerprint density at radius 3 is 2.52 bits per heavy atom. The first kappa shape index (κ1) is 19.5. The first-order chi connectivity index (χ1) is 15.0. The van der Waals surface area contributed by atoms with E-state index in [1.165, 1.54) is 5.56 Å². The smallest absolute Gasteiger partial charge is 0.270 e. The third-order valence-corrected chi connectivity index (χ3v) is 6.24. The van der Waals surface area contributed by atoms with Crippen LogP contribution in [0.5, 0.6) is 0 Å². The van der Waals surface area contributed by atoms with E-state index in [4.69, 9.17) is 0 Å². The number of piperazine rings is 1. The summed E-state index contributed by atoms with van der Waals surface area (Å²) in [7, 11) is 3.99. The zero-order valence-electron chi connectivity index (χ0n) is 18.1. The molecule has 0 spiro atoms. The Balaban J connectivity index is 1.44. The Morgan fingerprint density at radius 2 is 1.77 bits per heavy atom. The Bertz CT molecular complexity index is 1240. The fourth-order valence-corrected chi connectivity index (χ4v) is 4.27. The molecule has 1 aromatic carbocycles. The summed E-state index contributed by atoms with van der Waals surface area (Å²) in [6, 6.07) is 16.4. The second kappa shape index (κ2) is 7.67. The summed E-state index contributed by atoms with van der Waals surface area (Å²) in [6.45, 7) is 4.17. The van der Waals surface area contributed by atoms with Gasteiger partial charge in [-0.05, 0) is 37.7 Å². The number of carbonyl (C=O) groups is 1. The van der Waals surface area contributed by atoms with Gasteiger partial charge in [-0.3, -0.25) is 9.69 Å². The minimum atomic E-state index is 0.000642. The molecule has 1 aliphatic heterocycles. The number of hydrogen-bond donors (Lipinski definition) is 0. The highest BCUT2D eigenvalue weighted by Gasteiger charge is 2.32. The number of pyridine rings is 1. The van der Waals surface area contributed by atoms with Crippen LogP contribution in [0, 0.1) is 6.92 Å². The highest BCUT2D eigenvalue weighted by Crippen LogP contribution is 2.28.